The highest BCUT2D eigenvalue weighted by atomic mass is 16.7. The average Bonchev–Trinajstić information content (AvgIpc) is 3.61. The van der Waals surface area contributed by atoms with E-state index in [9.17, 15) is 4.79 Å². The van der Waals surface area contributed by atoms with Gasteiger partial charge in [-0.25, -0.2) is 9.97 Å². The highest BCUT2D eigenvalue weighted by Gasteiger charge is 2.37. The van der Waals surface area contributed by atoms with E-state index in [1.165, 1.54) is 0 Å². The van der Waals surface area contributed by atoms with Gasteiger partial charge in [0.15, 0.2) is 28.4 Å². The molecule has 9 heteroatoms. The lowest BCUT2D eigenvalue weighted by Gasteiger charge is -2.25. The van der Waals surface area contributed by atoms with E-state index in [-0.39, 0.29) is 18.3 Å². The van der Waals surface area contributed by atoms with Crippen LogP contribution in [0.1, 0.15) is 22.9 Å². The number of pyridine rings is 1. The second-order valence-electron chi connectivity index (χ2n) is 9.38. The fraction of sp³-hybridized carbons (Fsp3) is 0.167. The standard InChI is InChI=1S/C30H24N4O5/c1-36-23-9-7-17(11-25(23)37-2)19-13-31-30(32-14-19)34-15-21-27(33-22-6-4-3-5-20(22)29(21)35)28(34)18-8-10-24-26(12-18)39-16-38-24/h3-14,28H,15-16H2,1-2H3,(H,33,35). The number of benzene rings is 3. The Hall–Kier alpha value is -5.05. The van der Waals surface area contributed by atoms with E-state index in [0.29, 0.717) is 46.4 Å². The first-order valence-corrected chi connectivity index (χ1v) is 12.5. The summed E-state index contributed by atoms with van der Waals surface area (Å²) in [6, 6.07) is 18.8. The van der Waals surface area contributed by atoms with Gasteiger partial charge in [0.1, 0.15) is 0 Å². The van der Waals surface area contributed by atoms with Crippen molar-refractivity contribution in [3.05, 3.63) is 100 Å². The molecule has 0 radical (unpaired) electrons. The van der Waals surface area contributed by atoms with Crippen molar-refractivity contribution in [3.63, 3.8) is 0 Å². The topological polar surface area (TPSA) is 98.8 Å². The second kappa shape index (κ2) is 9.05. The van der Waals surface area contributed by atoms with Crippen LogP contribution in [0, 0.1) is 0 Å². The Morgan fingerprint density at radius 3 is 2.51 bits per heavy atom. The van der Waals surface area contributed by atoms with Gasteiger partial charge in [0.25, 0.3) is 0 Å². The third-order valence-electron chi connectivity index (χ3n) is 7.28. The van der Waals surface area contributed by atoms with Gasteiger partial charge < -0.3 is 28.8 Å². The van der Waals surface area contributed by atoms with Gasteiger partial charge in [0, 0.05) is 34.4 Å². The molecule has 1 atom stereocenters. The van der Waals surface area contributed by atoms with E-state index in [2.05, 4.69) is 4.98 Å². The number of nitrogens with one attached hydrogen (secondary N) is 1. The van der Waals surface area contributed by atoms with Crippen LogP contribution in [0.2, 0.25) is 0 Å². The van der Waals surface area contributed by atoms with Gasteiger partial charge in [0.05, 0.1) is 32.5 Å². The third kappa shape index (κ3) is 3.73. The molecule has 1 N–H and O–H groups in total. The number of para-hydroxylation sites is 1. The number of anilines is 1. The van der Waals surface area contributed by atoms with Gasteiger partial charge in [-0.1, -0.05) is 24.3 Å². The summed E-state index contributed by atoms with van der Waals surface area (Å²) in [4.78, 5) is 28.6. The molecule has 194 valence electrons. The first-order valence-electron chi connectivity index (χ1n) is 12.5. The summed E-state index contributed by atoms with van der Waals surface area (Å²) in [5, 5.41) is 0.659. The van der Waals surface area contributed by atoms with Gasteiger partial charge >= 0.3 is 0 Å². The Labute approximate surface area is 223 Å². The number of hydrogen-bond donors (Lipinski definition) is 1. The van der Waals surface area contributed by atoms with Crippen LogP contribution in [0.5, 0.6) is 23.0 Å². The highest BCUT2D eigenvalue weighted by molar-refractivity contribution is 5.80. The molecule has 7 rings (SSSR count). The monoisotopic (exact) mass is 520 g/mol. The molecule has 3 aromatic carbocycles. The number of aromatic amines is 1. The Balaban J connectivity index is 1.32. The molecule has 0 spiro atoms. The lowest BCUT2D eigenvalue weighted by atomic mass is 10.0. The van der Waals surface area contributed by atoms with Gasteiger partial charge in [0.2, 0.25) is 12.7 Å². The molecule has 0 fully saturated rings. The van der Waals surface area contributed by atoms with E-state index >= 15 is 0 Å². The zero-order valence-corrected chi connectivity index (χ0v) is 21.3. The minimum absolute atomic E-state index is 0.00883. The SMILES string of the molecule is COc1ccc(-c2cnc(N3Cc4c([nH]c5ccccc5c4=O)C3c3ccc4c(c3)OCO4)nc2)cc1OC. The number of H-pyrrole nitrogens is 1. The molecule has 4 heterocycles. The van der Waals surface area contributed by atoms with Crippen LogP contribution in [0.25, 0.3) is 22.0 Å². The maximum atomic E-state index is 13.6. The van der Waals surface area contributed by atoms with Crippen LogP contribution in [-0.4, -0.2) is 36.0 Å². The molecular formula is C30H24N4O5. The van der Waals surface area contributed by atoms with Gasteiger partial charge in [-0.3, -0.25) is 4.79 Å². The summed E-state index contributed by atoms with van der Waals surface area (Å²) < 4.78 is 22.0. The van der Waals surface area contributed by atoms with Crippen molar-refractivity contribution >= 4 is 16.9 Å². The fourth-order valence-corrected chi connectivity index (χ4v) is 5.35. The Morgan fingerprint density at radius 2 is 1.69 bits per heavy atom. The predicted octanol–water partition coefficient (Wildman–Crippen LogP) is 4.84. The van der Waals surface area contributed by atoms with Crippen molar-refractivity contribution < 1.29 is 18.9 Å². The van der Waals surface area contributed by atoms with Crippen LogP contribution in [0.4, 0.5) is 5.95 Å². The number of rotatable bonds is 5. The molecule has 1 unspecified atom stereocenters. The smallest absolute Gasteiger partial charge is 0.231 e. The summed E-state index contributed by atoms with van der Waals surface area (Å²) in [5.74, 6) is 3.16. The summed E-state index contributed by atoms with van der Waals surface area (Å²) >= 11 is 0. The van der Waals surface area contributed by atoms with Crippen LogP contribution >= 0.6 is 0 Å². The van der Waals surface area contributed by atoms with Crippen molar-refractivity contribution in [2.45, 2.75) is 12.6 Å². The number of methoxy groups -OCH3 is 2. The quantitative estimate of drug-likeness (QED) is 0.352. The van der Waals surface area contributed by atoms with Crippen LogP contribution in [0.3, 0.4) is 0 Å². The number of aromatic nitrogens is 3. The van der Waals surface area contributed by atoms with E-state index in [0.717, 1.165) is 27.9 Å². The molecule has 2 aliphatic heterocycles. The molecule has 0 saturated carbocycles. The molecule has 0 amide bonds. The normalized spacial score (nSPS) is 15.4. The molecule has 5 aromatic rings. The van der Waals surface area contributed by atoms with Gasteiger partial charge in [-0.05, 0) is 47.5 Å². The molecule has 0 aliphatic carbocycles. The van der Waals surface area contributed by atoms with Crippen LogP contribution in [0.15, 0.2) is 77.9 Å². The zero-order chi connectivity index (χ0) is 26.5. The van der Waals surface area contributed by atoms with E-state index < -0.39 is 0 Å². The Bertz CT molecular complexity index is 1780. The van der Waals surface area contributed by atoms with Crippen molar-refractivity contribution in [1.29, 1.82) is 0 Å². The predicted molar refractivity (Wildman–Crippen MR) is 146 cm³/mol. The van der Waals surface area contributed by atoms with E-state index in [1.54, 1.807) is 26.6 Å². The third-order valence-corrected chi connectivity index (χ3v) is 7.28. The largest absolute Gasteiger partial charge is 0.493 e. The average molecular weight is 521 g/mol. The number of hydrogen-bond acceptors (Lipinski definition) is 8. The van der Waals surface area contributed by atoms with Crippen LogP contribution in [-0.2, 0) is 6.54 Å². The molecular weight excluding hydrogens is 496 g/mol. The Morgan fingerprint density at radius 1 is 0.897 bits per heavy atom. The minimum atomic E-state index is -0.321. The second-order valence-corrected chi connectivity index (χ2v) is 9.38. The van der Waals surface area contributed by atoms with E-state index in [1.807, 2.05) is 65.6 Å². The van der Waals surface area contributed by atoms with Crippen LogP contribution < -0.4 is 29.3 Å². The molecule has 39 heavy (non-hydrogen) atoms. The van der Waals surface area contributed by atoms with Crippen molar-refractivity contribution in [1.82, 2.24) is 15.0 Å². The Kier molecular flexibility index (Phi) is 5.36. The van der Waals surface area contributed by atoms with E-state index in [4.69, 9.17) is 28.9 Å². The first-order chi connectivity index (χ1) is 19.1. The first kappa shape index (κ1) is 23.1. The van der Waals surface area contributed by atoms with Crippen molar-refractivity contribution in [2.24, 2.45) is 0 Å². The number of fused-ring (bicyclic) bond motifs is 3. The van der Waals surface area contributed by atoms with Gasteiger partial charge in [-0.2, -0.15) is 0 Å². The fourth-order valence-electron chi connectivity index (χ4n) is 5.35. The summed E-state index contributed by atoms with van der Waals surface area (Å²) in [7, 11) is 3.21. The van der Waals surface area contributed by atoms with Crippen molar-refractivity contribution in [3.8, 4) is 34.1 Å². The lowest BCUT2D eigenvalue weighted by molar-refractivity contribution is 0.174. The number of nitrogens with zero attached hydrogens (tertiary/aromatic N) is 3. The zero-order valence-electron chi connectivity index (χ0n) is 21.3. The molecule has 9 nitrogen and oxygen atoms in total. The van der Waals surface area contributed by atoms with Gasteiger partial charge in [-0.15, -0.1) is 0 Å². The maximum absolute atomic E-state index is 13.6. The maximum Gasteiger partial charge on any atom is 0.231 e. The molecule has 0 saturated heterocycles. The summed E-state index contributed by atoms with van der Waals surface area (Å²) in [5.41, 5.74) is 4.99. The highest BCUT2D eigenvalue weighted by Crippen LogP contribution is 2.43. The summed E-state index contributed by atoms with van der Waals surface area (Å²) in [6.07, 6.45) is 3.56. The number of ether oxygens (including phenoxy) is 4. The summed E-state index contributed by atoms with van der Waals surface area (Å²) in [6.45, 7) is 0.552. The molecule has 2 aliphatic rings. The molecule has 2 aromatic heterocycles. The van der Waals surface area contributed by atoms with Crippen molar-refractivity contribution in [2.75, 3.05) is 25.9 Å². The minimum Gasteiger partial charge on any atom is -0.493 e. The molecule has 0 bridgehead atoms. The lowest BCUT2D eigenvalue weighted by Crippen LogP contribution is -2.25.